The zero-order chi connectivity index (χ0) is 18.1. The molecule has 0 aliphatic carbocycles. The number of nitrogens with zero attached hydrogens (tertiary/aromatic N) is 5. The molecular weight excluding hydrogens is 339 g/mol. The van der Waals surface area contributed by atoms with E-state index in [1.165, 1.54) is 10.7 Å². The summed E-state index contributed by atoms with van der Waals surface area (Å²) >= 11 is 0. The molecule has 2 N–H and O–H groups in total. The predicted molar refractivity (Wildman–Crippen MR) is 91.0 cm³/mol. The van der Waals surface area contributed by atoms with Crippen LogP contribution in [0.15, 0.2) is 53.1 Å². The highest BCUT2D eigenvalue weighted by atomic mass is 19.1. The summed E-state index contributed by atoms with van der Waals surface area (Å²) in [5.41, 5.74) is 7.23. The molecule has 0 unspecified atom stereocenters. The molecule has 2 heterocycles. The quantitative estimate of drug-likeness (QED) is 0.602. The lowest BCUT2D eigenvalue weighted by molar-refractivity contribution is 0.414. The van der Waals surface area contributed by atoms with Crippen molar-refractivity contribution < 1.29 is 13.7 Å². The number of aromatic nitrogens is 5. The number of rotatable bonds is 4. The van der Waals surface area contributed by atoms with Crippen molar-refractivity contribution in [2.24, 2.45) is 0 Å². The number of ether oxygens (including phenoxy) is 1. The average Bonchev–Trinajstić information content (AvgIpc) is 3.29. The number of methoxy groups -OCH3 is 1. The molecule has 0 spiro atoms. The molecule has 8 nitrogen and oxygen atoms in total. The molecule has 26 heavy (non-hydrogen) atoms. The van der Waals surface area contributed by atoms with Crippen LogP contribution in [0.5, 0.6) is 5.75 Å². The van der Waals surface area contributed by atoms with Crippen molar-refractivity contribution in [3.05, 3.63) is 54.3 Å². The third-order valence-corrected chi connectivity index (χ3v) is 3.75. The molecule has 0 bridgehead atoms. The number of nitrogens with two attached hydrogens (primary N) is 1. The molecule has 2 aromatic heterocycles. The first-order valence-corrected chi connectivity index (χ1v) is 7.62. The first kappa shape index (κ1) is 15.8. The van der Waals surface area contributed by atoms with Gasteiger partial charge >= 0.3 is 0 Å². The summed E-state index contributed by atoms with van der Waals surface area (Å²) in [5.74, 6) is 0.566. The van der Waals surface area contributed by atoms with Crippen molar-refractivity contribution in [2.45, 2.75) is 0 Å². The van der Waals surface area contributed by atoms with Crippen molar-refractivity contribution in [3.63, 3.8) is 0 Å². The van der Waals surface area contributed by atoms with Gasteiger partial charge in [0.1, 0.15) is 11.6 Å². The molecule has 0 fully saturated rings. The van der Waals surface area contributed by atoms with E-state index in [9.17, 15) is 4.39 Å². The summed E-state index contributed by atoms with van der Waals surface area (Å²) in [4.78, 5) is 4.17. The van der Waals surface area contributed by atoms with Crippen molar-refractivity contribution in [2.75, 3.05) is 12.8 Å². The maximum Gasteiger partial charge on any atom is 0.282 e. The van der Waals surface area contributed by atoms with E-state index in [2.05, 4.69) is 20.5 Å². The van der Waals surface area contributed by atoms with Crippen LogP contribution in [-0.2, 0) is 0 Å². The van der Waals surface area contributed by atoms with E-state index in [0.29, 0.717) is 11.4 Å². The Morgan fingerprint density at radius 3 is 2.81 bits per heavy atom. The molecular formula is C17H13FN6O2. The fraction of sp³-hybridized carbons (Fsp3) is 0.0588. The molecule has 2 aromatic carbocycles. The van der Waals surface area contributed by atoms with Crippen molar-refractivity contribution in [1.29, 1.82) is 0 Å². The van der Waals surface area contributed by atoms with E-state index in [0.717, 1.165) is 0 Å². The van der Waals surface area contributed by atoms with Gasteiger partial charge in [-0.25, -0.2) is 4.39 Å². The summed E-state index contributed by atoms with van der Waals surface area (Å²) in [7, 11) is 1.57. The molecule has 0 saturated heterocycles. The van der Waals surface area contributed by atoms with E-state index in [1.807, 2.05) is 0 Å². The fourth-order valence-electron chi connectivity index (χ4n) is 2.45. The molecule has 0 atom stereocenters. The van der Waals surface area contributed by atoms with Crippen LogP contribution in [0.2, 0.25) is 0 Å². The lowest BCUT2D eigenvalue weighted by Crippen LogP contribution is -2.02. The predicted octanol–water partition coefficient (Wildman–Crippen LogP) is 2.71. The minimum absolute atomic E-state index is 0.0508. The Labute approximate surface area is 147 Å². The average molecular weight is 352 g/mol. The Morgan fingerprint density at radius 2 is 2.00 bits per heavy atom. The second kappa shape index (κ2) is 6.28. The fourth-order valence-corrected chi connectivity index (χ4v) is 2.45. The topological polar surface area (TPSA) is 105 Å². The summed E-state index contributed by atoms with van der Waals surface area (Å²) < 4.78 is 25.7. The Balaban J connectivity index is 1.72. The third-order valence-electron chi connectivity index (χ3n) is 3.75. The third kappa shape index (κ3) is 2.65. The summed E-state index contributed by atoms with van der Waals surface area (Å²) in [6, 6.07) is 13.3. The highest BCUT2D eigenvalue weighted by molar-refractivity contribution is 5.66. The molecule has 0 aliphatic heterocycles. The summed E-state index contributed by atoms with van der Waals surface area (Å²) in [6.45, 7) is 0. The highest BCUT2D eigenvalue weighted by Crippen LogP contribution is 2.28. The number of anilines is 1. The summed E-state index contributed by atoms with van der Waals surface area (Å²) in [5, 5.41) is 11.8. The van der Waals surface area contributed by atoms with Gasteiger partial charge < -0.3 is 15.0 Å². The molecule has 9 heteroatoms. The van der Waals surface area contributed by atoms with E-state index in [-0.39, 0.29) is 28.8 Å². The molecule has 130 valence electrons. The van der Waals surface area contributed by atoms with E-state index >= 15 is 0 Å². The zero-order valence-electron chi connectivity index (χ0n) is 13.6. The number of benzene rings is 2. The van der Waals surface area contributed by atoms with E-state index in [1.54, 1.807) is 49.6 Å². The Hall–Kier alpha value is -3.75. The maximum absolute atomic E-state index is 13.9. The zero-order valence-corrected chi connectivity index (χ0v) is 13.6. The van der Waals surface area contributed by atoms with Crippen molar-refractivity contribution in [1.82, 2.24) is 25.1 Å². The van der Waals surface area contributed by atoms with Gasteiger partial charge in [-0.1, -0.05) is 28.6 Å². The van der Waals surface area contributed by atoms with Crippen LogP contribution in [0.4, 0.5) is 10.2 Å². The number of hydrogen-bond donors (Lipinski definition) is 1. The largest absolute Gasteiger partial charge is 0.497 e. The second-order valence-electron chi connectivity index (χ2n) is 5.34. The Bertz CT molecular complexity index is 1070. The number of halogens is 1. The van der Waals surface area contributed by atoms with Gasteiger partial charge in [0.15, 0.2) is 11.5 Å². The molecule has 0 aliphatic rings. The molecule has 0 amide bonds. The van der Waals surface area contributed by atoms with Gasteiger partial charge in [-0.2, -0.15) is 9.67 Å². The van der Waals surface area contributed by atoms with Gasteiger partial charge in [0.2, 0.25) is 5.82 Å². The molecule has 0 radical (unpaired) electrons. The number of hydrogen-bond acceptors (Lipinski definition) is 7. The van der Waals surface area contributed by atoms with Gasteiger partial charge in [-0.3, -0.25) is 0 Å². The molecule has 4 rings (SSSR count). The van der Waals surface area contributed by atoms with Gasteiger partial charge in [0.05, 0.1) is 18.4 Å². The second-order valence-corrected chi connectivity index (χ2v) is 5.34. The first-order valence-electron chi connectivity index (χ1n) is 7.62. The highest BCUT2D eigenvalue weighted by Gasteiger charge is 2.21. The summed E-state index contributed by atoms with van der Waals surface area (Å²) in [6.07, 6.45) is 0. The monoisotopic (exact) mass is 352 g/mol. The van der Waals surface area contributed by atoms with Gasteiger partial charge in [-0.15, -0.1) is 5.10 Å². The lowest BCUT2D eigenvalue weighted by Gasteiger charge is -2.05. The van der Waals surface area contributed by atoms with Crippen molar-refractivity contribution >= 4 is 5.82 Å². The minimum atomic E-state index is -0.451. The Kier molecular flexibility index (Phi) is 3.81. The van der Waals surface area contributed by atoms with Crippen LogP contribution in [-0.4, -0.2) is 32.2 Å². The van der Waals surface area contributed by atoms with Crippen LogP contribution >= 0.6 is 0 Å². The maximum atomic E-state index is 13.9. The van der Waals surface area contributed by atoms with Gasteiger partial charge in [0.25, 0.3) is 5.89 Å². The van der Waals surface area contributed by atoms with Crippen LogP contribution in [0.3, 0.4) is 0 Å². The van der Waals surface area contributed by atoms with Crippen molar-refractivity contribution in [3.8, 4) is 34.4 Å². The van der Waals surface area contributed by atoms with Crippen LogP contribution in [0.1, 0.15) is 0 Å². The minimum Gasteiger partial charge on any atom is -0.497 e. The first-order chi connectivity index (χ1) is 12.7. The van der Waals surface area contributed by atoms with Gasteiger partial charge in [-0.05, 0) is 24.3 Å². The van der Waals surface area contributed by atoms with Gasteiger partial charge in [0, 0.05) is 6.07 Å². The molecule has 4 aromatic rings. The lowest BCUT2D eigenvalue weighted by atomic mass is 10.2. The molecule has 0 saturated carbocycles. The van der Waals surface area contributed by atoms with Crippen LogP contribution < -0.4 is 10.5 Å². The SMILES string of the molecule is COc1cccc(-n2nnc(-c3nc(-c4ccccc4F)no3)c2N)c1. The standard InChI is InChI=1S/C17H13FN6O2/c1-25-11-6-4-5-10(9-11)24-15(19)14(21-23-24)17-20-16(22-26-17)12-7-2-3-8-13(12)18/h2-9H,19H2,1H3. The van der Waals surface area contributed by atoms with E-state index in [4.69, 9.17) is 15.0 Å². The van der Waals surface area contributed by atoms with Crippen LogP contribution in [0, 0.1) is 5.82 Å². The van der Waals surface area contributed by atoms with Crippen LogP contribution in [0.25, 0.3) is 28.7 Å². The van der Waals surface area contributed by atoms with E-state index < -0.39 is 5.82 Å². The number of nitrogen functional groups attached to an aromatic ring is 1. The normalized spacial score (nSPS) is 10.8. The smallest absolute Gasteiger partial charge is 0.282 e. The Morgan fingerprint density at radius 1 is 1.15 bits per heavy atom.